The van der Waals surface area contributed by atoms with Crippen LogP contribution in [0.2, 0.25) is 0 Å². The number of amides is 1. The lowest BCUT2D eigenvalue weighted by molar-refractivity contribution is -0.914. The second-order valence-corrected chi connectivity index (χ2v) is 7.81. The summed E-state index contributed by atoms with van der Waals surface area (Å²) in [5.74, 6) is 1.81. The molecule has 1 saturated carbocycles. The Kier molecular flexibility index (Phi) is 6.78. The van der Waals surface area contributed by atoms with Crippen molar-refractivity contribution in [2.75, 3.05) is 44.7 Å². The van der Waals surface area contributed by atoms with E-state index in [1.165, 1.54) is 42.7 Å². The van der Waals surface area contributed by atoms with Crippen LogP contribution in [-0.4, -0.2) is 51.8 Å². The number of benzene rings is 1. The largest absolute Gasteiger partial charge is 0.497 e. The minimum Gasteiger partial charge on any atom is -0.497 e. The van der Waals surface area contributed by atoms with E-state index in [9.17, 15) is 4.79 Å². The Balaban J connectivity index is 1.43. The zero-order valence-corrected chi connectivity index (χ0v) is 16.3. The first kappa shape index (κ1) is 19.0. The maximum Gasteiger partial charge on any atom is 0.278 e. The zero-order valence-electron chi connectivity index (χ0n) is 16.3. The summed E-state index contributed by atoms with van der Waals surface area (Å²) in [4.78, 5) is 16.3. The van der Waals surface area contributed by atoms with Gasteiger partial charge in [-0.3, -0.25) is 4.79 Å². The number of piperazine rings is 1. The number of quaternary nitrogens is 1. The maximum atomic E-state index is 12.5. The van der Waals surface area contributed by atoms with Gasteiger partial charge in [0.1, 0.15) is 5.75 Å². The van der Waals surface area contributed by atoms with Gasteiger partial charge in [0.15, 0.2) is 6.04 Å². The second-order valence-electron chi connectivity index (χ2n) is 7.81. The fourth-order valence-corrected chi connectivity index (χ4v) is 4.25. The van der Waals surface area contributed by atoms with Gasteiger partial charge in [-0.25, -0.2) is 0 Å². The van der Waals surface area contributed by atoms with Gasteiger partial charge >= 0.3 is 0 Å². The molecule has 1 aliphatic heterocycles. The SMILES string of the molecule is COc1ccc(N2CC[NH+]([C@H](C)C(=O)NCC3CCCCC3)CC2)cc1. The molecule has 0 radical (unpaired) electrons. The quantitative estimate of drug-likeness (QED) is 0.808. The van der Waals surface area contributed by atoms with E-state index in [4.69, 9.17) is 4.74 Å². The molecule has 1 atom stereocenters. The molecule has 1 aromatic carbocycles. The van der Waals surface area contributed by atoms with Crippen molar-refractivity contribution in [2.45, 2.75) is 45.1 Å². The molecule has 1 aliphatic carbocycles. The molecule has 2 aliphatic rings. The molecule has 0 spiro atoms. The average Bonchev–Trinajstić information content (AvgIpc) is 2.72. The average molecular weight is 361 g/mol. The second kappa shape index (κ2) is 9.26. The number of carbonyl (C=O) groups is 1. The first-order valence-electron chi connectivity index (χ1n) is 10.2. The van der Waals surface area contributed by atoms with Crippen molar-refractivity contribution in [1.29, 1.82) is 0 Å². The maximum absolute atomic E-state index is 12.5. The molecule has 1 amide bonds. The molecule has 5 heteroatoms. The van der Waals surface area contributed by atoms with Gasteiger partial charge < -0.3 is 19.9 Å². The molecular weight excluding hydrogens is 326 g/mol. The van der Waals surface area contributed by atoms with Crippen LogP contribution in [0.15, 0.2) is 24.3 Å². The minimum absolute atomic E-state index is 0.0385. The molecule has 0 bridgehead atoms. The summed E-state index contributed by atoms with van der Waals surface area (Å²) in [7, 11) is 1.69. The lowest BCUT2D eigenvalue weighted by Crippen LogP contribution is -3.19. The van der Waals surface area contributed by atoms with Crippen molar-refractivity contribution in [3.05, 3.63) is 24.3 Å². The van der Waals surface area contributed by atoms with E-state index in [-0.39, 0.29) is 11.9 Å². The predicted molar refractivity (Wildman–Crippen MR) is 105 cm³/mol. The summed E-state index contributed by atoms with van der Waals surface area (Å²) in [6.45, 7) is 6.93. The molecule has 0 aromatic heterocycles. The molecule has 1 aromatic rings. The Hall–Kier alpha value is -1.75. The van der Waals surface area contributed by atoms with Crippen LogP contribution in [0.5, 0.6) is 5.75 Å². The van der Waals surface area contributed by atoms with E-state index >= 15 is 0 Å². The fourth-order valence-electron chi connectivity index (χ4n) is 4.25. The van der Waals surface area contributed by atoms with Crippen LogP contribution in [0.3, 0.4) is 0 Å². The van der Waals surface area contributed by atoms with Crippen LogP contribution >= 0.6 is 0 Å². The third-order valence-corrected chi connectivity index (χ3v) is 6.14. The van der Waals surface area contributed by atoms with Gasteiger partial charge in [0.2, 0.25) is 0 Å². The van der Waals surface area contributed by atoms with E-state index in [1.54, 1.807) is 7.11 Å². The topological polar surface area (TPSA) is 46.0 Å². The first-order chi connectivity index (χ1) is 12.7. The van der Waals surface area contributed by atoms with Gasteiger partial charge in [-0.05, 0) is 49.9 Å². The summed E-state index contributed by atoms with van der Waals surface area (Å²) >= 11 is 0. The Morgan fingerprint density at radius 2 is 1.85 bits per heavy atom. The van der Waals surface area contributed by atoms with Crippen molar-refractivity contribution in [1.82, 2.24) is 5.32 Å². The number of hydrogen-bond donors (Lipinski definition) is 2. The number of anilines is 1. The van der Waals surface area contributed by atoms with Crippen LogP contribution in [0.1, 0.15) is 39.0 Å². The van der Waals surface area contributed by atoms with E-state index in [2.05, 4.69) is 29.3 Å². The molecule has 5 nitrogen and oxygen atoms in total. The molecule has 144 valence electrons. The monoisotopic (exact) mass is 360 g/mol. The van der Waals surface area contributed by atoms with Gasteiger partial charge in [0, 0.05) is 12.2 Å². The smallest absolute Gasteiger partial charge is 0.278 e. The van der Waals surface area contributed by atoms with Crippen molar-refractivity contribution in [2.24, 2.45) is 5.92 Å². The highest BCUT2D eigenvalue weighted by molar-refractivity contribution is 5.79. The van der Waals surface area contributed by atoms with Crippen LogP contribution in [0, 0.1) is 5.92 Å². The number of rotatable bonds is 6. The van der Waals surface area contributed by atoms with Crippen LogP contribution in [0.4, 0.5) is 5.69 Å². The van der Waals surface area contributed by atoms with Gasteiger partial charge in [-0.15, -0.1) is 0 Å². The molecule has 26 heavy (non-hydrogen) atoms. The van der Waals surface area contributed by atoms with E-state index in [1.807, 2.05) is 12.1 Å². The number of ether oxygens (including phenoxy) is 1. The molecule has 0 unspecified atom stereocenters. The van der Waals surface area contributed by atoms with Gasteiger partial charge in [-0.2, -0.15) is 0 Å². The summed E-state index contributed by atoms with van der Waals surface area (Å²) in [6.07, 6.45) is 6.58. The number of methoxy groups -OCH3 is 1. The number of carbonyl (C=O) groups excluding carboxylic acids is 1. The Morgan fingerprint density at radius 3 is 2.46 bits per heavy atom. The van der Waals surface area contributed by atoms with Gasteiger partial charge in [-0.1, -0.05) is 19.3 Å². The van der Waals surface area contributed by atoms with Crippen molar-refractivity contribution in [3.63, 3.8) is 0 Å². The Morgan fingerprint density at radius 1 is 1.19 bits per heavy atom. The first-order valence-corrected chi connectivity index (χ1v) is 10.2. The van der Waals surface area contributed by atoms with E-state index < -0.39 is 0 Å². The molecule has 3 rings (SSSR count). The minimum atomic E-state index is 0.0385. The van der Waals surface area contributed by atoms with Crippen LogP contribution in [0.25, 0.3) is 0 Å². The molecule has 1 heterocycles. The molecule has 1 saturated heterocycles. The molecule has 2 fully saturated rings. The number of nitrogens with zero attached hydrogens (tertiary/aromatic N) is 1. The van der Waals surface area contributed by atoms with Crippen molar-refractivity contribution >= 4 is 11.6 Å². The lowest BCUT2D eigenvalue weighted by Gasteiger charge is -2.36. The Bertz CT molecular complexity index is 561. The summed E-state index contributed by atoms with van der Waals surface area (Å²) < 4.78 is 5.23. The highest BCUT2D eigenvalue weighted by atomic mass is 16.5. The summed E-state index contributed by atoms with van der Waals surface area (Å²) in [6, 6.07) is 8.29. The fraction of sp³-hybridized carbons (Fsp3) is 0.667. The van der Waals surface area contributed by atoms with Crippen LogP contribution in [-0.2, 0) is 4.79 Å². The summed E-state index contributed by atoms with van der Waals surface area (Å²) in [5.41, 5.74) is 1.24. The van der Waals surface area contributed by atoms with Crippen LogP contribution < -0.4 is 19.9 Å². The normalized spacial score (nSPS) is 20.6. The van der Waals surface area contributed by atoms with E-state index in [0.29, 0.717) is 5.92 Å². The van der Waals surface area contributed by atoms with Gasteiger partial charge in [0.25, 0.3) is 5.91 Å². The number of hydrogen-bond acceptors (Lipinski definition) is 3. The van der Waals surface area contributed by atoms with Crippen molar-refractivity contribution in [3.8, 4) is 5.75 Å². The molecular formula is C21H34N3O2+. The summed E-state index contributed by atoms with van der Waals surface area (Å²) in [5, 5.41) is 3.22. The third kappa shape index (κ3) is 4.91. The Labute approximate surface area is 157 Å². The zero-order chi connectivity index (χ0) is 18.4. The standard InChI is InChI=1S/C21H33N3O2/c1-17(21(25)22-16-18-6-4-3-5-7-18)23-12-14-24(15-13-23)19-8-10-20(26-2)11-9-19/h8-11,17-18H,3-7,12-16H2,1-2H3,(H,22,25)/p+1/t17-/m1/s1. The van der Waals surface area contributed by atoms with E-state index in [0.717, 1.165) is 38.5 Å². The highest BCUT2D eigenvalue weighted by Gasteiger charge is 2.29. The highest BCUT2D eigenvalue weighted by Crippen LogP contribution is 2.22. The third-order valence-electron chi connectivity index (χ3n) is 6.14. The molecule has 2 N–H and O–H groups in total. The van der Waals surface area contributed by atoms with Gasteiger partial charge in [0.05, 0.1) is 33.3 Å². The predicted octanol–water partition coefficient (Wildman–Crippen LogP) is 1.49. The number of nitrogens with one attached hydrogen (secondary N) is 2. The lowest BCUT2D eigenvalue weighted by atomic mass is 9.89. The van der Waals surface area contributed by atoms with Crippen molar-refractivity contribution < 1.29 is 14.4 Å².